The fourth-order valence-corrected chi connectivity index (χ4v) is 5.76. The number of nitrogens with zero attached hydrogens (tertiary/aromatic N) is 2. The van der Waals surface area contributed by atoms with Crippen LogP contribution in [0.15, 0.2) is 84.6 Å². The van der Waals surface area contributed by atoms with Gasteiger partial charge < -0.3 is 10.0 Å². The largest absolute Gasteiger partial charge is 0.481 e. The SMILES string of the molecule is C[N+]1=C(/C=C/C=C/C=C2\N(CCCCCC(=O)O)c3ccccc3C2(C)C)C(C)(C)c2ccccc21. The molecule has 2 aliphatic heterocycles. The molecule has 0 amide bonds. The van der Waals surface area contributed by atoms with Gasteiger partial charge in [-0.05, 0) is 44.4 Å². The minimum absolute atomic E-state index is 0.0271. The number of anilines is 1. The minimum atomic E-state index is -0.712. The zero-order valence-electron chi connectivity index (χ0n) is 22.3. The van der Waals surface area contributed by atoms with Gasteiger partial charge in [0, 0.05) is 47.5 Å². The zero-order valence-corrected chi connectivity index (χ0v) is 22.3. The Balaban J connectivity index is 1.52. The first-order valence-electron chi connectivity index (χ1n) is 13.0. The van der Waals surface area contributed by atoms with E-state index in [1.165, 1.54) is 33.9 Å². The lowest BCUT2D eigenvalue weighted by atomic mass is 9.81. The number of hydrogen-bond acceptors (Lipinski definition) is 2. The predicted molar refractivity (Wildman–Crippen MR) is 150 cm³/mol. The Morgan fingerprint density at radius 3 is 2.31 bits per heavy atom. The fraction of sp³-hybridized carbons (Fsp3) is 0.375. The lowest BCUT2D eigenvalue weighted by molar-refractivity contribution is -0.401. The highest BCUT2D eigenvalue weighted by Crippen LogP contribution is 2.47. The Labute approximate surface area is 216 Å². The third kappa shape index (κ3) is 4.82. The second-order valence-corrected chi connectivity index (χ2v) is 10.9. The smallest absolute Gasteiger partial charge is 0.303 e. The summed E-state index contributed by atoms with van der Waals surface area (Å²) >= 11 is 0. The molecule has 0 spiro atoms. The summed E-state index contributed by atoms with van der Waals surface area (Å²) in [4.78, 5) is 13.3. The molecule has 4 nitrogen and oxygen atoms in total. The number of benzene rings is 2. The van der Waals surface area contributed by atoms with Crippen LogP contribution in [-0.2, 0) is 15.6 Å². The molecule has 0 fully saturated rings. The predicted octanol–water partition coefficient (Wildman–Crippen LogP) is 7.13. The number of aliphatic carboxylic acids is 1. The average Bonchev–Trinajstić information content (AvgIpc) is 3.18. The van der Waals surface area contributed by atoms with Crippen LogP contribution in [0.5, 0.6) is 0 Å². The van der Waals surface area contributed by atoms with E-state index in [4.69, 9.17) is 5.11 Å². The molecule has 188 valence electrons. The first kappa shape index (κ1) is 25.7. The Hall–Kier alpha value is -3.40. The van der Waals surface area contributed by atoms with Gasteiger partial charge in [-0.15, -0.1) is 0 Å². The maximum absolute atomic E-state index is 10.8. The topological polar surface area (TPSA) is 43.5 Å². The van der Waals surface area contributed by atoms with Gasteiger partial charge in [0.15, 0.2) is 5.71 Å². The van der Waals surface area contributed by atoms with Gasteiger partial charge >= 0.3 is 5.97 Å². The molecule has 36 heavy (non-hydrogen) atoms. The van der Waals surface area contributed by atoms with Gasteiger partial charge in [-0.2, -0.15) is 4.58 Å². The molecule has 0 unspecified atom stereocenters. The summed E-state index contributed by atoms with van der Waals surface area (Å²) in [6, 6.07) is 17.3. The molecule has 2 aromatic carbocycles. The van der Waals surface area contributed by atoms with Crippen molar-refractivity contribution >= 4 is 23.1 Å². The summed E-state index contributed by atoms with van der Waals surface area (Å²) in [7, 11) is 2.14. The van der Waals surface area contributed by atoms with Gasteiger partial charge in [0.25, 0.3) is 0 Å². The Kier molecular flexibility index (Phi) is 7.35. The maximum Gasteiger partial charge on any atom is 0.303 e. The normalized spacial score (nSPS) is 19.0. The average molecular weight is 484 g/mol. The molecule has 0 atom stereocenters. The molecular weight excluding hydrogens is 444 g/mol. The van der Waals surface area contributed by atoms with Crippen molar-refractivity contribution in [2.45, 2.75) is 64.2 Å². The van der Waals surface area contributed by atoms with Crippen LogP contribution >= 0.6 is 0 Å². The lowest BCUT2D eigenvalue weighted by Gasteiger charge is -2.27. The molecular formula is C32H39N2O2+. The van der Waals surface area contributed by atoms with E-state index in [9.17, 15) is 4.79 Å². The maximum atomic E-state index is 10.8. The standard InChI is InChI=1S/C32H38N2O2/c1-31(2)24-16-11-13-18-26(24)33(5)28(31)20-8-6-9-21-29-32(3,4)25-17-12-14-19-27(25)34(29)23-15-7-10-22-30(35)36/h6,8-9,11-14,16-21H,7,10,15,22-23H2,1-5H3/p+1. The van der Waals surface area contributed by atoms with Crippen molar-refractivity contribution in [3.8, 4) is 0 Å². The highest BCUT2D eigenvalue weighted by Gasteiger charge is 2.42. The molecule has 0 aromatic heterocycles. The second-order valence-electron chi connectivity index (χ2n) is 10.9. The fourth-order valence-electron chi connectivity index (χ4n) is 5.76. The van der Waals surface area contributed by atoms with E-state index in [2.05, 4.69) is 123 Å². The second kappa shape index (κ2) is 10.3. The van der Waals surface area contributed by atoms with Gasteiger partial charge in [-0.3, -0.25) is 4.79 Å². The first-order valence-corrected chi connectivity index (χ1v) is 13.0. The Bertz CT molecular complexity index is 1260. The summed E-state index contributed by atoms with van der Waals surface area (Å²) in [5, 5.41) is 8.93. The third-order valence-corrected chi connectivity index (χ3v) is 7.74. The number of carboxylic acid groups (broad SMARTS) is 1. The molecule has 0 saturated heterocycles. The summed E-state index contributed by atoms with van der Waals surface area (Å²) < 4.78 is 2.29. The van der Waals surface area contributed by atoms with E-state index in [0.717, 1.165) is 25.8 Å². The molecule has 0 bridgehead atoms. The van der Waals surface area contributed by atoms with E-state index in [-0.39, 0.29) is 17.3 Å². The molecule has 0 radical (unpaired) electrons. The van der Waals surface area contributed by atoms with Crippen molar-refractivity contribution in [3.63, 3.8) is 0 Å². The molecule has 2 aromatic rings. The first-order chi connectivity index (χ1) is 17.2. The van der Waals surface area contributed by atoms with Crippen LogP contribution in [0.25, 0.3) is 0 Å². The van der Waals surface area contributed by atoms with Crippen molar-refractivity contribution in [1.82, 2.24) is 0 Å². The van der Waals surface area contributed by atoms with Crippen LogP contribution in [0.4, 0.5) is 11.4 Å². The number of carbonyl (C=O) groups is 1. The number of unbranched alkanes of at least 4 members (excludes halogenated alkanes) is 2. The van der Waals surface area contributed by atoms with E-state index in [1.807, 2.05) is 0 Å². The van der Waals surface area contributed by atoms with Crippen LogP contribution < -0.4 is 4.90 Å². The number of hydrogen-bond donors (Lipinski definition) is 1. The van der Waals surface area contributed by atoms with Crippen molar-refractivity contribution in [1.29, 1.82) is 0 Å². The van der Waals surface area contributed by atoms with Crippen molar-refractivity contribution in [2.75, 3.05) is 18.5 Å². The summed E-state index contributed by atoms with van der Waals surface area (Å²) in [6.45, 7) is 10.0. The molecule has 1 N–H and O–H groups in total. The van der Waals surface area contributed by atoms with Gasteiger partial charge in [0.1, 0.15) is 7.05 Å². The van der Waals surface area contributed by atoms with E-state index in [0.29, 0.717) is 0 Å². The van der Waals surface area contributed by atoms with Gasteiger partial charge in [0.05, 0.1) is 5.41 Å². The summed E-state index contributed by atoms with van der Waals surface area (Å²) in [5.41, 5.74) is 7.70. The van der Waals surface area contributed by atoms with Crippen LogP contribution in [0.3, 0.4) is 0 Å². The monoisotopic (exact) mass is 483 g/mol. The molecule has 4 rings (SSSR count). The van der Waals surface area contributed by atoms with Crippen LogP contribution in [0.1, 0.15) is 64.5 Å². The van der Waals surface area contributed by atoms with Crippen LogP contribution in [-0.4, -0.2) is 35.0 Å². The van der Waals surface area contributed by atoms with Crippen LogP contribution in [0, 0.1) is 0 Å². The number of rotatable bonds is 9. The van der Waals surface area contributed by atoms with Crippen molar-refractivity contribution < 1.29 is 14.5 Å². The Morgan fingerprint density at radius 1 is 0.889 bits per heavy atom. The molecule has 4 heteroatoms. The summed E-state index contributed by atoms with van der Waals surface area (Å²) in [6.07, 6.45) is 13.7. The quantitative estimate of drug-likeness (QED) is 0.234. The van der Waals surface area contributed by atoms with E-state index >= 15 is 0 Å². The molecule has 0 saturated carbocycles. The number of para-hydroxylation sites is 2. The zero-order chi connectivity index (χ0) is 25.9. The van der Waals surface area contributed by atoms with E-state index < -0.39 is 5.97 Å². The van der Waals surface area contributed by atoms with Crippen molar-refractivity contribution in [2.24, 2.45) is 0 Å². The minimum Gasteiger partial charge on any atom is -0.481 e. The molecule has 2 heterocycles. The number of carboxylic acids is 1. The van der Waals surface area contributed by atoms with Crippen molar-refractivity contribution in [3.05, 3.63) is 95.7 Å². The highest BCUT2D eigenvalue weighted by atomic mass is 16.4. The highest BCUT2D eigenvalue weighted by molar-refractivity contribution is 6.03. The summed E-state index contributed by atoms with van der Waals surface area (Å²) in [5.74, 6) is -0.712. The van der Waals surface area contributed by atoms with E-state index in [1.54, 1.807) is 0 Å². The third-order valence-electron chi connectivity index (χ3n) is 7.74. The van der Waals surface area contributed by atoms with Gasteiger partial charge in [-0.1, -0.05) is 74.9 Å². The van der Waals surface area contributed by atoms with Gasteiger partial charge in [-0.25, -0.2) is 0 Å². The Morgan fingerprint density at radius 2 is 1.58 bits per heavy atom. The van der Waals surface area contributed by atoms with Gasteiger partial charge in [0.2, 0.25) is 5.69 Å². The molecule has 2 aliphatic rings. The lowest BCUT2D eigenvalue weighted by Crippen LogP contribution is -2.27. The molecule has 0 aliphatic carbocycles. The number of fused-ring (bicyclic) bond motifs is 2. The number of allylic oxidation sites excluding steroid dienone is 6. The van der Waals surface area contributed by atoms with Crippen LogP contribution in [0.2, 0.25) is 0 Å².